The lowest BCUT2D eigenvalue weighted by atomic mass is 10.0. The van der Waals surface area contributed by atoms with Crippen molar-refractivity contribution in [2.24, 2.45) is 0 Å². The molecule has 1 aromatic carbocycles. The van der Waals surface area contributed by atoms with Crippen LogP contribution < -0.4 is 4.74 Å². The summed E-state index contributed by atoms with van der Waals surface area (Å²) in [7, 11) is 1.14. The summed E-state index contributed by atoms with van der Waals surface area (Å²) < 4.78 is 44.6. The van der Waals surface area contributed by atoms with Crippen LogP contribution in [0, 0.1) is 0 Å². The van der Waals surface area contributed by atoms with Gasteiger partial charge in [0, 0.05) is 11.8 Å². The van der Waals surface area contributed by atoms with Crippen LogP contribution >= 0.6 is 34.8 Å². The third-order valence-corrected chi connectivity index (χ3v) is 4.00. The van der Waals surface area contributed by atoms with Gasteiger partial charge in [0.05, 0.1) is 27.9 Å². The van der Waals surface area contributed by atoms with E-state index in [9.17, 15) is 13.2 Å². The molecule has 0 saturated heterocycles. The van der Waals surface area contributed by atoms with E-state index in [1.54, 1.807) is 0 Å². The van der Waals surface area contributed by atoms with Crippen LogP contribution in [0.3, 0.4) is 0 Å². The Morgan fingerprint density at radius 1 is 1.05 bits per heavy atom. The number of rotatable bonds is 2. The van der Waals surface area contributed by atoms with Gasteiger partial charge in [-0.1, -0.05) is 34.8 Å². The quantitative estimate of drug-likeness (QED) is 0.640. The lowest BCUT2D eigenvalue weighted by Crippen LogP contribution is -2.11. The van der Waals surface area contributed by atoms with Crippen LogP contribution in [0.4, 0.5) is 13.2 Å². The summed E-state index contributed by atoms with van der Waals surface area (Å²) in [6.07, 6.45) is -3.47. The van der Waals surface area contributed by atoms with Crippen molar-refractivity contribution in [1.29, 1.82) is 0 Å². The number of hydrogen-bond donors (Lipinski definition) is 0. The molecule has 0 radical (unpaired) electrons. The van der Waals surface area contributed by atoms with Crippen LogP contribution in [0.15, 0.2) is 24.4 Å². The molecule has 0 atom stereocenters. The van der Waals surface area contributed by atoms with Gasteiger partial charge in [0.1, 0.15) is 11.3 Å². The molecule has 2 rings (SSSR count). The molecular weight excluding hydrogens is 350 g/mol. The van der Waals surface area contributed by atoms with E-state index in [2.05, 4.69) is 4.98 Å². The first-order valence-electron chi connectivity index (χ1n) is 5.51. The van der Waals surface area contributed by atoms with Gasteiger partial charge >= 0.3 is 6.18 Å². The number of methoxy groups -OCH3 is 1. The van der Waals surface area contributed by atoms with E-state index in [-0.39, 0.29) is 32.1 Å². The summed E-state index contributed by atoms with van der Waals surface area (Å²) in [5.41, 5.74) is -1.37. The molecule has 0 saturated carbocycles. The Balaban J connectivity index is 2.79. The lowest BCUT2D eigenvalue weighted by Gasteiger charge is -2.16. The number of ether oxygens (including phenoxy) is 1. The fourth-order valence-electron chi connectivity index (χ4n) is 1.80. The molecule has 0 fully saturated rings. The highest BCUT2D eigenvalue weighted by molar-refractivity contribution is 6.49. The first kappa shape index (κ1) is 16.2. The van der Waals surface area contributed by atoms with Gasteiger partial charge < -0.3 is 4.74 Å². The highest BCUT2D eigenvalue weighted by Crippen LogP contribution is 2.45. The minimum absolute atomic E-state index is 0.0253. The maximum Gasteiger partial charge on any atom is 0.422 e. The summed E-state index contributed by atoms with van der Waals surface area (Å²) in [6.45, 7) is 0. The monoisotopic (exact) mass is 355 g/mol. The maximum atomic E-state index is 13.3. The van der Waals surface area contributed by atoms with E-state index in [4.69, 9.17) is 39.5 Å². The second-order valence-corrected chi connectivity index (χ2v) is 5.12. The number of nitrogens with zero attached hydrogens (tertiary/aromatic N) is 1. The molecule has 0 amide bonds. The van der Waals surface area contributed by atoms with Gasteiger partial charge in [-0.3, -0.25) is 4.98 Å². The van der Waals surface area contributed by atoms with Crippen LogP contribution in [0.1, 0.15) is 5.56 Å². The number of benzene rings is 1. The Bertz CT molecular complexity index is 689. The van der Waals surface area contributed by atoms with Crippen LogP contribution in [-0.2, 0) is 6.18 Å². The van der Waals surface area contributed by atoms with Crippen molar-refractivity contribution in [2.45, 2.75) is 6.18 Å². The summed E-state index contributed by atoms with van der Waals surface area (Å²) in [6, 6.07) is 3.80. The molecule has 0 aliphatic heterocycles. The van der Waals surface area contributed by atoms with E-state index in [1.165, 1.54) is 18.3 Å². The average molecular weight is 357 g/mol. The lowest BCUT2D eigenvalue weighted by molar-refractivity contribution is -0.138. The Kier molecular flexibility index (Phi) is 4.56. The highest BCUT2D eigenvalue weighted by atomic mass is 35.5. The molecule has 21 heavy (non-hydrogen) atoms. The van der Waals surface area contributed by atoms with Gasteiger partial charge in [-0.2, -0.15) is 13.2 Å². The number of alkyl halides is 3. The molecule has 2 nitrogen and oxygen atoms in total. The summed E-state index contributed by atoms with van der Waals surface area (Å²) in [4.78, 5) is 3.77. The van der Waals surface area contributed by atoms with Crippen molar-refractivity contribution in [3.05, 3.63) is 45.0 Å². The molecule has 0 N–H and O–H groups in total. The van der Waals surface area contributed by atoms with Crippen LogP contribution in [0.25, 0.3) is 11.3 Å². The van der Waals surface area contributed by atoms with Crippen molar-refractivity contribution < 1.29 is 17.9 Å². The molecule has 1 aromatic heterocycles. The van der Waals surface area contributed by atoms with Crippen LogP contribution in [-0.4, -0.2) is 12.1 Å². The van der Waals surface area contributed by atoms with E-state index < -0.39 is 11.7 Å². The minimum Gasteiger partial charge on any atom is -0.496 e. The number of halogens is 6. The van der Waals surface area contributed by atoms with Gasteiger partial charge in [-0.25, -0.2) is 0 Å². The molecule has 0 unspecified atom stereocenters. The number of hydrogen-bond acceptors (Lipinski definition) is 2. The fourth-order valence-corrected chi connectivity index (χ4v) is 2.43. The molecule has 0 aliphatic carbocycles. The molecule has 1 heterocycles. The van der Waals surface area contributed by atoms with Gasteiger partial charge in [0.25, 0.3) is 0 Å². The van der Waals surface area contributed by atoms with E-state index >= 15 is 0 Å². The summed E-state index contributed by atoms with van der Waals surface area (Å²) >= 11 is 17.6. The first-order valence-corrected chi connectivity index (χ1v) is 6.64. The Morgan fingerprint density at radius 2 is 1.71 bits per heavy atom. The molecule has 0 spiro atoms. The predicted molar refractivity (Wildman–Crippen MR) is 76.3 cm³/mol. The molecule has 2 aromatic rings. The average Bonchev–Trinajstić information content (AvgIpc) is 2.43. The normalized spacial score (nSPS) is 11.6. The topological polar surface area (TPSA) is 22.1 Å². The first-order chi connectivity index (χ1) is 9.77. The number of pyridine rings is 1. The Hall–Kier alpha value is -1.17. The molecule has 112 valence electrons. The standard InChI is InChI=1S/C13H7Cl3F3NO/c1-21-8-4-5-20-12(9(8)13(17,18)19)6-2-3-7(14)11(16)10(6)15/h2-5H,1H3. The zero-order valence-corrected chi connectivity index (χ0v) is 12.7. The zero-order valence-electron chi connectivity index (χ0n) is 10.4. The van der Waals surface area contributed by atoms with Gasteiger partial charge in [0.15, 0.2) is 0 Å². The van der Waals surface area contributed by atoms with E-state index in [0.717, 1.165) is 13.2 Å². The van der Waals surface area contributed by atoms with Gasteiger partial charge in [-0.15, -0.1) is 0 Å². The van der Waals surface area contributed by atoms with Crippen molar-refractivity contribution >= 4 is 34.8 Å². The van der Waals surface area contributed by atoms with E-state index in [1.807, 2.05) is 0 Å². The third-order valence-electron chi connectivity index (χ3n) is 2.71. The molecule has 0 aliphatic rings. The predicted octanol–water partition coefficient (Wildman–Crippen LogP) is 5.74. The smallest absolute Gasteiger partial charge is 0.422 e. The van der Waals surface area contributed by atoms with Crippen molar-refractivity contribution in [2.75, 3.05) is 7.11 Å². The van der Waals surface area contributed by atoms with Crippen LogP contribution in [0.5, 0.6) is 5.75 Å². The SMILES string of the molecule is COc1ccnc(-c2ccc(Cl)c(Cl)c2Cl)c1C(F)(F)F. The highest BCUT2D eigenvalue weighted by Gasteiger charge is 2.38. The van der Waals surface area contributed by atoms with Crippen LogP contribution in [0.2, 0.25) is 15.1 Å². The summed E-state index contributed by atoms with van der Waals surface area (Å²) in [5, 5.41) is 0.00543. The van der Waals surface area contributed by atoms with Crippen molar-refractivity contribution in [1.82, 2.24) is 4.98 Å². The molecular formula is C13H7Cl3F3NO. The Morgan fingerprint density at radius 3 is 2.29 bits per heavy atom. The second-order valence-electron chi connectivity index (χ2n) is 3.96. The maximum absolute atomic E-state index is 13.3. The van der Waals surface area contributed by atoms with E-state index in [0.29, 0.717) is 0 Å². The molecule has 0 bridgehead atoms. The van der Waals surface area contributed by atoms with Gasteiger partial charge in [0.2, 0.25) is 0 Å². The Labute approximate surface area is 133 Å². The largest absolute Gasteiger partial charge is 0.496 e. The zero-order chi connectivity index (χ0) is 15.8. The summed E-state index contributed by atoms with van der Waals surface area (Å²) in [5.74, 6) is -0.352. The van der Waals surface area contributed by atoms with Gasteiger partial charge in [-0.05, 0) is 18.2 Å². The van der Waals surface area contributed by atoms with Crippen molar-refractivity contribution in [3.63, 3.8) is 0 Å². The second kappa shape index (κ2) is 5.91. The minimum atomic E-state index is -4.66. The van der Waals surface area contributed by atoms with Crippen molar-refractivity contribution in [3.8, 4) is 17.0 Å². The fraction of sp³-hybridized carbons (Fsp3) is 0.154. The third kappa shape index (κ3) is 3.05. The number of aromatic nitrogens is 1. The molecule has 8 heteroatoms.